The number of ether oxygens (including phenoxy) is 1. The van der Waals surface area contributed by atoms with E-state index in [0.29, 0.717) is 25.1 Å². The number of rotatable bonds is 6. The molecule has 0 bridgehead atoms. The van der Waals surface area contributed by atoms with Crippen molar-refractivity contribution in [1.82, 2.24) is 15.5 Å². The number of furan rings is 2. The first-order valence-corrected chi connectivity index (χ1v) is 8.66. The van der Waals surface area contributed by atoms with Crippen molar-refractivity contribution in [3.05, 3.63) is 48.3 Å². The van der Waals surface area contributed by atoms with Crippen molar-refractivity contribution in [2.75, 3.05) is 13.2 Å². The summed E-state index contributed by atoms with van der Waals surface area (Å²) in [6.45, 7) is -0.134. The molecule has 0 aromatic carbocycles. The fraction of sp³-hybridized carbons (Fsp3) is 0.333. The Morgan fingerprint density at radius 2 is 1.93 bits per heavy atom. The van der Waals surface area contributed by atoms with E-state index in [9.17, 15) is 19.2 Å². The second-order valence-electron chi connectivity index (χ2n) is 6.05. The Labute approximate surface area is 159 Å². The van der Waals surface area contributed by atoms with Gasteiger partial charge in [0.05, 0.1) is 19.1 Å². The molecule has 4 amide bonds. The maximum atomic E-state index is 12.4. The Hall–Kier alpha value is -3.56. The molecule has 1 aliphatic rings. The number of esters is 1. The van der Waals surface area contributed by atoms with Gasteiger partial charge in [-0.3, -0.25) is 14.9 Å². The lowest BCUT2D eigenvalue weighted by atomic mass is 10.2. The third-order valence-corrected chi connectivity index (χ3v) is 4.12. The van der Waals surface area contributed by atoms with E-state index >= 15 is 0 Å². The standard InChI is InChI=1S/C18H19N3O7/c22-15(20-18(25)19-10-12-4-2-8-26-12)11-28-17(24)13-5-1-7-21(13)16(23)14-6-3-9-27-14/h2-4,6,8-9,13H,1,5,7,10-11H2,(H2,19,20,22,25). The first kappa shape index (κ1) is 19.2. The molecule has 2 aromatic heterocycles. The van der Waals surface area contributed by atoms with Crippen molar-refractivity contribution >= 4 is 23.8 Å². The van der Waals surface area contributed by atoms with Crippen LogP contribution in [0.2, 0.25) is 0 Å². The molecule has 28 heavy (non-hydrogen) atoms. The lowest BCUT2D eigenvalue weighted by Gasteiger charge is -2.22. The van der Waals surface area contributed by atoms with E-state index in [0.717, 1.165) is 0 Å². The van der Waals surface area contributed by atoms with Crippen LogP contribution < -0.4 is 10.6 Å². The Kier molecular flexibility index (Phi) is 6.10. The second-order valence-corrected chi connectivity index (χ2v) is 6.05. The van der Waals surface area contributed by atoms with Crippen molar-refractivity contribution in [3.8, 4) is 0 Å². The van der Waals surface area contributed by atoms with Crippen LogP contribution >= 0.6 is 0 Å². The van der Waals surface area contributed by atoms with Gasteiger partial charge in [-0.25, -0.2) is 9.59 Å². The van der Waals surface area contributed by atoms with Gasteiger partial charge in [0.2, 0.25) is 0 Å². The van der Waals surface area contributed by atoms with E-state index < -0.39 is 36.5 Å². The molecule has 0 radical (unpaired) electrons. The third kappa shape index (κ3) is 4.78. The average molecular weight is 389 g/mol. The van der Waals surface area contributed by atoms with Crippen molar-refractivity contribution in [1.29, 1.82) is 0 Å². The summed E-state index contributed by atoms with van der Waals surface area (Å²) in [7, 11) is 0. The topological polar surface area (TPSA) is 131 Å². The van der Waals surface area contributed by atoms with Gasteiger partial charge < -0.3 is 23.8 Å². The number of hydrogen-bond donors (Lipinski definition) is 2. The number of carbonyl (C=O) groups excluding carboxylic acids is 4. The molecule has 1 unspecified atom stereocenters. The SMILES string of the molecule is O=C(COC(=O)C1CCCN1C(=O)c1ccco1)NC(=O)NCc1ccco1. The van der Waals surface area contributed by atoms with E-state index in [1.165, 1.54) is 23.5 Å². The number of nitrogens with one attached hydrogen (secondary N) is 2. The van der Waals surface area contributed by atoms with Crippen LogP contribution in [-0.4, -0.2) is 47.9 Å². The number of imide groups is 1. The van der Waals surface area contributed by atoms with Crippen LogP contribution in [0.3, 0.4) is 0 Å². The minimum Gasteiger partial charge on any atom is -0.467 e. The Morgan fingerprint density at radius 3 is 2.64 bits per heavy atom. The molecule has 2 aromatic rings. The van der Waals surface area contributed by atoms with E-state index in [4.69, 9.17) is 13.6 Å². The summed E-state index contributed by atoms with van der Waals surface area (Å²) >= 11 is 0. The fourth-order valence-electron chi connectivity index (χ4n) is 2.82. The smallest absolute Gasteiger partial charge is 0.329 e. The molecule has 1 fully saturated rings. The quantitative estimate of drug-likeness (QED) is 0.706. The van der Waals surface area contributed by atoms with Gasteiger partial charge in [-0.1, -0.05) is 0 Å². The van der Waals surface area contributed by atoms with Gasteiger partial charge >= 0.3 is 12.0 Å². The highest BCUT2D eigenvalue weighted by atomic mass is 16.5. The van der Waals surface area contributed by atoms with Gasteiger partial charge in [-0.05, 0) is 37.1 Å². The van der Waals surface area contributed by atoms with E-state index in [1.807, 2.05) is 5.32 Å². The number of amides is 4. The van der Waals surface area contributed by atoms with Gasteiger partial charge in [0, 0.05) is 6.54 Å². The lowest BCUT2D eigenvalue weighted by Crippen LogP contribution is -2.44. The average Bonchev–Trinajstić information content (AvgIpc) is 3.45. The predicted molar refractivity (Wildman–Crippen MR) is 92.8 cm³/mol. The molecule has 2 N–H and O–H groups in total. The maximum absolute atomic E-state index is 12.4. The van der Waals surface area contributed by atoms with Crippen LogP contribution in [0.15, 0.2) is 45.6 Å². The van der Waals surface area contributed by atoms with Crippen LogP contribution in [-0.2, 0) is 20.9 Å². The monoisotopic (exact) mass is 389 g/mol. The first-order valence-electron chi connectivity index (χ1n) is 8.66. The molecule has 1 saturated heterocycles. The summed E-state index contributed by atoms with van der Waals surface area (Å²) in [4.78, 5) is 49.4. The second kappa shape index (κ2) is 8.89. The van der Waals surface area contributed by atoms with Gasteiger partial charge in [0.1, 0.15) is 11.8 Å². The van der Waals surface area contributed by atoms with E-state index in [1.54, 1.807) is 18.2 Å². The molecule has 0 spiro atoms. The summed E-state index contributed by atoms with van der Waals surface area (Å²) in [5, 5.41) is 4.47. The molecule has 10 heteroatoms. The number of urea groups is 1. The zero-order valence-corrected chi connectivity index (χ0v) is 14.9. The summed E-state index contributed by atoms with van der Waals surface area (Å²) in [5.41, 5.74) is 0. The van der Waals surface area contributed by atoms with Gasteiger partial charge in [0.25, 0.3) is 11.8 Å². The highest BCUT2D eigenvalue weighted by Crippen LogP contribution is 2.21. The van der Waals surface area contributed by atoms with Crippen LogP contribution in [0, 0.1) is 0 Å². The number of likely N-dealkylation sites (tertiary alicyclic amines) is 1. The molecule has 148 valence electrons. The highest BCUT2D eigenvalue weighted by Gasteiger charge is 2.36. The lowest BCUT2D eigenvalue weighted by molar-refractivity contribution is -0.152. The zero-order chi connectivity index (χ0) is 19.9. The van der Waals surface area contributed by atoms with Crippen molar-refractivity contribution < 1.29 is 32.7 Å². The number of hydrogen-bond acceptors (Lipinski definition) is 7. The summed E-state index contributed by atoms with van der Waals surface area (Å²) in [6, 6.07) is 4.89. The van der Waals surface area contributed by atoms with Gasteiger partial charge in [-0.2, -0.15) is 0 Å². The van der Waals surface area contributed by atoms with Crippen molar-refractivity contribution in [2.45, 2.75) is 25.4 Å². The Bertz CT molecular complexity index is 830. The number of nitrogens with zero attached hydrogens (tertiary/aromatic N) is 1. The summed E-state index contributed by atoms with van der Waals surface area (Å²) in [6.07, 6.45) is 3.89. The molecule has 1 atom stereocenters. The maximum Gasteiger partial charge on any atom is 0.329 e. The minimum absolute atomic E-state index is 0.109. The fourth-order valence-corrected chi connectivity index (χ4v) is 2.82. The van der Waals surface area contributed by atoms with Crippen LogP contribution in [0.25, 0.3) is 0 Å². The normalized spacial score (nSPS) is 15.9. The van der Waals surface area contributed by atoms with Gasteiger partial charge in [0.15, 0.2) is 12.4 Å². The Morgan fingerprint density at radius 1 is 1.14 bits per heavy atom. The van der Waals surface area contributed by atoms with E-state index in [-0.39, 0.29) is 12.3 Å². The predicted octanol–water partition coefficient (Wildman–Crippen LogP) is 1.05. The van der Waals surface area contributed by atoms with Crippen LogP contribution in [0.5, 0.6) is 0 Å². The molecule has 3 rings (SSSR count). The zero-order valence-electron chi connectivity index (χ0n) is 14.9. The van der Waals surface area contributed by atoms with E-state index in [2.05, 4.69) is 5.32 Å². The summed E-state index contributed by atoms with van der Waals surface area (Å²) < 4.78 is 15.1. The molecular weight excluding hydrogens is 370 g/mol. The summed E-state index contributed by atoms with van der Waals surface area (Å²) in [5.74, 6) is -1.25. The largest absolute Gasteiger partial charge is 0.467 e. The molecule has 0 saturated carbocycles. The Balaban J connectivity index is 1.43. The molecule has 1 aliphatic heterocycles. The van der Waals surface area contributed by atoms with Crippen molar-refractivity contribution in [2.24, 2.45) is 0 Å². The molecular formula is C18H19N3O7. The molecule has 10 nitrogen and oxygen atoms in total. The third-order valence-electron chi connectivity index (χ3n) is 4.12. The van der Waals surface area contributed by atoms with Crippen LogP contribution in [0.4, 0.5) is 4.79 Å². The highest BCUT2D eigenvalue weighted by molar-refractivity contribution is 5.97. The first-order chi connectivity index (χ1) is 13.5. The van der Waals surface area contributed by atoms with Gasteiger partial charge in [-0.15, -0.1) is 0 Å². The molecule has 3 heterocycles. The minimum atomic E-state index is -0.793. The number of carbonyl (C=O) groups is 4. The van der Waals surface area contributed by atoms with Crippen molar-refractivity contribution in [3.63, 3.8) is 0 Å². The van der Waals surface area contributed by atoms with Crippen LogP contribution in [0.1, 0.15) is 29.2 Å². The molecule has 0 aliphatic carbocycles.